The molecule has 172 valence electrons. The number of rotatable bonds is 3. The first kappa shape index (κ1) is 19.9. The lowest BCUT2D eigenvalue weighted by Crippen LogP contribution is -2.55. The summed E-state index contributed by atoms with van der Waals surface area (Å²) in [6.07, 6.45) is 7.18. The smallest absolute Gasteiger partial charge is 0.0465 e. The zero-order valence-electron chi connectivity index (χ0n) is 20.1. The maximum absolute atomic E-state index is 2.58. The third-order valence-electron chi connectivity index (χ3n) is 9.82. The fourth-order valence-electron chi connectivity index (χ4n) is 8.88. The molecule has 9 rings (SSSR count). The number of hydrogen-bond acceptors (Lipinski definition) is 1. The molecule has 1 heteroatoms. The molecular formula is C34H31N. The normalized spacial score (nSPS) is 29.3. The lowest BCUT2D eigenvalue weighted by molar-refractivity contribution is -0.0399. The largest absolute Gasteiger partial charge is 0.310 e. The van der Waals surface area contributed by atoms with E-state index in [1.165, 1.54) is 60.3 Å². The predicted molar refractivity (Wildman–Crippen MR) is 144 cm³/mol. The van der Waals surface area contributed by atoms with Crippen molar-refractivity contribution in [3.8, 4) is 11.1 Å². The third kappa shape index (κ3) is 2.70. The third-order valence-corrected chi connectivity index (χ3v) is 9.82. The summed E-state index contributed by atoms with van der Waals surface area (Å²) < 4.78 is 0. The molecule has 5 aliphatic rings. The Bertz CT molecular complexity index is 1340. The Labute approximate surface area is 208 Å². The quantitative estimate of drug-likeness (QED) is 0.299. The van der Waals surface area contributed by atoms with Gasteiger partial charge in [0.25, 0.3) is 0 Å². The van der Waals surface area contributed by atoms with Crippen LogP contribution in [-0.4, -0.2) is 0 Å². The topological polar surface area (TPSA) is 3.24 Å². The second kappa shape index (κ2) is 7.34. The van der Waals surface area contributed by atoms with E-state index >= 15 is 0 Å². The molecule has 0 saturated heterocycles. The summed E-state index contributed by atoms with van der Waals surface area (Å²) in [5.41, 5.74) is 10.1. The zero-order chi connectivity index (χ0) is 23.0. The van der Waals surface area contributed by atoms with Crippen molar-refractivity contribution in [3.63, 3.8) is 0 Å². The van der Waals surface area contributed by atoms with Crippen LogP contribution in [0.1, 0.15) is 43.2 Å². The molecule has 0 N–H and O–H groups in total. The van der Waals surface area contributed by atoms with Crippen LogP contribution in [-0.2, 0) is 5.41 Å². The molecule has 0 atom stereocenters. The number of para-hydroxylation sites is 2. The highest BCUT2D eigenvalue weighted by molar-refractivity contribution is 5.86. The summed E-state index contributed by atoms with van der Waals surface area (Å²) in [5.74, 6) is 3.51. The minimum absolute atomic E-state index is 0.203. The molecule has 0 radical (unpaired) electrons. The van der Waals surface area contributed by atoms with E-state index in [9.17, 15) is 0 Å². The van der Waals surface area contributed by atoms with Gasteiger partial charge in [0.1, 0.15) is 0 Å². The van der Waals surface area contributed by atoms with Gasteiger partial charge < -0.3 is 4.90 Å². The van der Waals surface area contributed by atoms with Gasteiger partial charge in [0.15, 0.2) is 0 Å². The fourth-order valence-corrected chi connectivity index (χ4v) is 8.88. The van der Waals surface area contributed by atoms with Gasteiger partial charge in [0, 0.05) is 22.5 Å². The molecule has 5 aliphatic carbocycles. The van der Waals surface area contributed by atoms with Gasteiger partial charge in [-0.05, 0) is 114 Å². The first-order chi connectivity index (χ1) is 17.3. The Morgan fingerprint density at radius 2 is 1.03 bits per heavy atom. The summed E-state index contributed by atoms with van der Waals surface area (Å²) in [5, 5.41) is 0. The van der Waals surface area contributed by atoms with Crippen LogP contribution in [0.5, 0.6) is 0 Å². The molecule has 4 bridgehead atoms. The van der Waals surface area contributed by atoms with Crippen LogP contribution in [0.25, 0.3) is 11.1 Å². The molecule has 0 aromatic heterocycles. The summed E-state index contributed by atoms with van der Waals surface area (Å²) in [7, 11) is 0. The summed E-state index contributed by atoms with van der Waals surface area (Å²) in [6, 6.07) is 38.5. The SMILES string of the molecule is c1ccc(N(c2ccccc2)c2ccc3c(c2)C2(c4ccccc4-3)C3CC4CC(C3)CC2C4)cc1. The summed E-state index contributed by atoms with van der Waals surface area (Å²) in [4.78, 5) is 2.44. The number of fused-ring (bicyclic) bond motifs is 3. The first-order valence-electron chi connectivity index (χ1n) is 13.5. The van der Waals surface area contributed by atoms with Gasteiger partial charge in [0.05, 0.1) is 0 Å². The average molecular weight is 454 g/mol. The van der Waals surface area contributed by atoms with E-state index in [-0.39, 0.29) is 5.41 Å². The molecule has 1 spiro atoms. The van der Waals surface area contributed by atoms with Crippen molar-refractivity contribution >= 4 is 17.1 Å². The van der Waals surface area contributed by atoms with Crippen LogP contribution in [0.4, 0.5) is 17.1 Å². The summed E-state index contributed by atoms with van der Waals surface area (Å²) >= 11 is 0. The maximum Gasteiger partial charge on any atom is 0.0465 e. The monoisotopic (exact) mass is 453 g/mol. The molecule has 0 unspecified atom stereocenters. The Morgan fingerprint density at radius 1 is 0.486 bits per heavy atom. The van der Waals surface area contributed by atoms with E-state index in [4.69, 9.17) is 0 Å². The molecule has 4 aromatic rings. The zero-order valence-corrected chi connectivity index (χ0v) is 20.1. The minimum Gasteiger partial charge on any atom is -0.310 e. The van der Waals surface area contributed by atoms with Gasteiger partial charge >= 0.3 is 0 Å². The number of nitrogens with zero attached hydrogens (tertiary/aromatic N) is 1. The van der Waals surface area contributed by atoms with Crippen LogP contribution >= 0.6 is 0 Å². The first-order valence-corrected chi connectivity index (χ1v) is 13.5. The van der Waals surface area contributed by atoms with E-state index in [0.717, 1.165) is 23.7 Å². The number of hydrogen-bond donors (Lipinski definition) is 0. The van der Waals surface area contributed by atoms with E-state index in [1.807, 2.05) is 0 Å². The van der Waals surface area contributed by atoms with E-state index in [2.05, 4.69) is 108 Å². The maximum atomic E-state index is 2.58. The van der Waals surface area contributed by atoms with Crippen molar-refractivity contribution in [2.45, 2.75) is 37.5 Å². The van der Waals surface area contributed by atoms with Crippen LogP contribution in [0.3, 0.4) is 0 Å². The lowest BCUT2D eigenvalue weighted by Gasteiger charge is -2.61. The predicted octanol–water partition coefficient (Wildman–Crippen LogP) is 8.88. The molecule has 4 fully saturated rings. The molecular weight excluding hydrogens is 422 g/mol. The summed E-state index contributed by atoms with van der Waals surface area (Å²) in [6.45, 7) is 0. The number of benzene rings is 4. The van der Waals surface area contributed by atoms with Crippen LogP contribution in [0, 0.1) is 23.7 Å². The molecule has 0 amide bonds. The van der Waals surface area contributed by atoms with E-state index in [1.54, 1.807) is 11.1 Å². The molecule has 1 nitrogen and oxygen atoms in total. The van der Waals surface area contributed by atoms with Crippen molar-refractivity contribution in [3.05, 3.63) is 114 Å². The van der Waals surface area contributed by atoms with Crippen LogP contribution in [0.2, 0.25) is 0 Å². The highest BCUT2D eigenvalue weighted by atomic mass is 15.1. The van der Waals surface area contributed by atoms with Crippen molar-refractivity contribution < 1.29 is 0 Å². The standard InChI is InChI=1S/C34H31N/c1-3-9-27(10-4-1)35(28-11-5-2-6-12-28)29-15-16-31-30-13-7-8-14-32(30)34(33(31)22-29)25-18-23-17-24(20-25)21-26(34)19-23/h1-16,22-26H,17-21H2. The van der Waals surface area contributed by atoms with Crippen LogP contribution < -0.4 is 4.90 Å². The van der Waals surface area contributed by atoms with Crippen LogP contribution in [0.15, 0.2) is 103 Å². The molecule has 35 heavy (non-hydrogen) atoms. The van der Waals surface area contributed by atoms with Gasteiger partial charge in [-0.25, -0.2) is 0 Å². The number of anilines is 3. The molecule has 4 saturated carbocycles. The second-order valence-electron chi connectivity index (χ2n) is 11.5. The van der Waals surface area contributed by atoms with E-state index in [0.29, 0.717) is 0 Å². The lowest BCUT2D eigenvalue weighted by atomic mass is 9.43. The van der Waals surface area contributed by atoms with Gasteiger partial charge in [-0.15, -0.1) is 0 Å². The highest BCUT2D eigenvalue weighted by Gasteiger charge is 2.61. The van der Waals surface area contributed by atoms with Crippen molar-refractivity contribution in [1.29, 1.82) is 0 Å². The average Bonchev–Trinajstić information content (AvgIpc) is 3.19. The van der Waals surface area contributed by atoms with Crippen molar-refractivity contribution in [1.82, 2.24) is 0 Å². The van der Waals surface area contributed by atoms with E-state index < -0.39 is 0 Å². The fraction of sp³-hybridized carbons (Fsp3) is 0.294. The molecule has 4 aromatic carbocycles. The Kier molecular flexibility index (Phi) is 4.18. The van der Waals surface area contributed by atoms with Crippen molar-refractivity contribution in [2.75, 3.05) is 4.90 Å². The van der Waals surface area contributed by atoms with Gasteiger partial charge in [0.2, 0.25) is 0 Å². The Morgan fingerprint density at radius 3 is 1.66 bits per heavy atom. The molecule has 0 aliphatic heterocycles. The van der Waals surface area contributed by atoms with Gasteiger partial charge in [-0.1, -0.05) is 66.7 Å². The second-order valence-corrected chi connectivity index (χ2v) is 11.5. The minimum atomic E-state index is 0.203. The Balaban J connectivity index is 1.36. The Hall–Kier alpha value is -3.32. The van der Waals surface area contributed by atoms with Gasteiger partial charge in [-0.2, -0.15) is 0 Å². The highest BCUT2D eigenvalue weighted by Crippen LogP contribution is 2.69. The van der Waals surface area contributed by atoms with Gasteiger partial charge in [-0.3, -0.25) is 0 Å². The molecule has 0 heterocycles. The van der Waals surface area contributed by atoms with Crippen molar-refractivity contribution in [2.24, 2.45) is 23.7 Å².